The molecular weight excluding hydrogens is 706 g/mol. The van der Waals surface area contributed by atoms with Crippen molar-refractivity contribution in [2.75, 3.05) is 0 Å². The van der Waals surface area contributed by atoms with Gasteiger partial charge in [0.05, 0.1) is 0 Å². The van der Waals surface area contributed by atoms with Crippen molar-refractivity contribution in [2.45, 2.75) is 39.8 Å². The fourth-order valence-corrected chi connectivity index (χ4v) is 6.67. The normalized spacial score (nSPS) is 43.1. The first-order valence-electron chi connectivity index (χ1n) is 6.55. The maximum Gasteiger partial charge on any atom is 2.00 e. The minimum absolute atomic E-state index is 0. The molecule has 3 fully saturated rings. The Kier molecular flexibility index (Phi) is 6.30. The van der Waals surface area contributed by atoms with E-state index in [1.807, 2.05) is 0 Å². The maximum atomic E-state index is 8.08. The van der Waals surface area contributed by atoms with Crippen LogP contribution in [0.4, 0.5) is 0 Å². The van der Waals surface area contributed by atoms with Gasteiger partial charge >= 0.3 is 170 Å². The standard InChI is InChI=1S/C13H18I2N3O.U/c1-13(2-3-16)6-7-4-8(13)5-9(7)19-12(17)10(14)11-15-18-11;/h7-11,16-18H,1-2,4-6H2;/q-3;+2. The van der Waals surface area contributed by atoms with E-state index in [0.29, 0.717) is 28.2 Å². The van der Waals surface area contributed by atoms with Gasteiger partial charge in [-0.25, -0.2) is 0 Å². The van der Waals surface area contributed by atoms with Gasteiger partial charge in [-0.2, -0.15) is 0 Å². The van der Waals surface area contributed by atoms with Crippen LogP contribution in [0.15, 0.2) is 0 Å². The van der Waals surface area contributed by atoms with Gasteiger partial charge in [-0.1, -0.05) is 0 Å². The summed E-state index contributed by atoms with van der Waals surface area (Å²) in [4.78, 5) is 0. The van der Waals surface area contributed by atoms with E-state index in [9.17, 15) is 0 Å². The van der Waals surface area contributed by atoms with Crippen LogP contribution < -0.4 is 25.0 Å². The minimum Gasteiger partial charge on any atom is 2.00 e. The molecular formula is C13H18I2N3OU-. The Bertz CT molecular complexity index is 407. The van der Waals surface area contributed by atoms with Crippen molar-refractivity contribution in [1.29, 1.82) is 10.8 Å². The second-order valence-corrected chi connectivity index (χ2v) is 9.82. The first kappa shape index (κ1) is 18.0. The van der Waals surface area contributed by atoms with Gasteiger partial charge in [0, 0.05) is 0 Å². The van der Waals surface area contributed by atoms with Crippen molar-refractivity contribution in [3.05, 3.63) is 6.92 Å². The summed E-state index contributed by atoms with van der Waals surface area (Å²) in [5.41, 5.74) is 0.0156. The van der Waals surface area contributed by atoms with E-state index < -0.39 is 0 Å². The van der Waals surface area contributed by atoms with E-state index in [1.54, 1.807) is 0 Å². The van der Waals surface area contributed by atoms with Gasteiger partial charge in [-0.05, 0) is 0 Å². The predicted molar refractivity (Wildman–Crippen MR) is 78.3 cm³/mol. The van der Waals surface area contributed by atoms with Gasteiger partial charge in [0.25, 0.3) is 0 Å². The van der Waals surface area contributed by atoms with Crippen LogP contribution in [0, 0.1) is 66.1 Å². The van der Waals surface area contributed by atoms with Crippen molar-refractivity contribution >= 4 is 34.7 Å². The number of alkyl halides is 2. The van der Waals surface area contributed by atoms with Crippen LogP contribution in [-0.2, 0) is 4.74 Å². The van der Waals surface area contributed by atoms with Crippen LogP contribution in [-0.4, -0.2) is 26.2 Å². The maximum absolute atomic E-state index is 8.08. The monoisotopic (exact) mass is 724 g/mol. The zero-order chi connectivity index (χ0) is 13.6. The summed E-state index contributed by atoms with van der Waals surface area (Å²) in [5.74, 6) is 1.54. The summed E-state index contributed by atoms with van der Waals surface area (Å²) < 4.78 is 10.0. The molecule has 6 atom stereocenters. The fourth-order valence-electron chi connectivity index (χ4n) is 3.53. The molecule has 1 heterocycles. The smallest absolute Gasteiger partial charge is 2.00 e. The molecule has 1 saturated heterocycles. The Morgan fingerprint density at radius 1 is 1.60 bits per heavy atom. The predicted octanol–water partition coefficient (Wildman–Crippen LogP) is -0.747. The van der Waals surface area contributed by atoms with Crippen LogP contribution in [0.1, 0.15) is 25.7 Å². The average molecular weight is 724 g/mol. The largest absolute Gasteiger partial charge is 2.00 e. The summed E-state index contributed by atoms with van der Waals surface area (Å²) in [6.45, 7) is 4.33. The summed E-state index contributed by atoms with van der Waals surface area (Å²) >= 11 is 2.46. The summed E-state index contributed by atoms with van der Waals surface area (Å²) in [7, 11) is 0. The first-order chi connectivity index (χ1) is 9.03. The molecule has 3 rings (SSSR count). The molecule has 6 unspecified atom stereocenters. The molecule has 3 N–H and O–H groups in total. The van der Waals surface area contributed by atoms with Crippen molar-refractivity contribution in [2.24, 2.45) is 17.3 Å². The molecule has 0 spiro atoms. The molecule has 1 aliphatic heterocycles. The van der Waals surface area contributed by atoms with Crippen LogP contribution in [0.5, 0.6) is 0 Å². The third kappa shape index (κ3) is 3.57. The van der Waals surface area contributed by atoms with Crippen molar-refractivity contribution < 1.29 is 57.3 Å². The first-order valence-corrected chi connectivity index (χ1v) is 10.1. The van der Waals surface area contributed by atoms with Gasteiger partial charge in [-0.15, -0.1) is 0 Å². The molecule has 0 amide bonds. The zero-order valence-electron chi connectivity index (χ0n) is 11.1. The SMILES string of the molecule is [CH2-]C1(C[C-]=N)CC2CC1CC2OC(=N)C(I)C1N[I-]1.[U+2]. The number of fused-ring (bicyclic) bond motifs is 2. The molecule has 0 aromatic heterocycles. The van der Waals surface area contributed by atoms with Crippen LogP contribution >= 0.6 is 22.6 Å². The molecule has 3 aliphatic rings. The second kappa shape index (κ2) is 7.02. The van der Waals surface area contributed by atoms with Crippen LogP contribution in [0.3, 0.4) is 0 Å². The van der Waals surface area contributed by atoms with Crippen molar-refractivity contribution in [3.63, 3.8) is 0 Å². The molecule has 4 nitrogen and oxygen atoms in total. The van der Waals surface area contributed by atoms with Gasteiger partial charge < -0.3 is 0 Å². The summed E-state index contributed by atoms with van der Waals surface area (Å²) in [6, 6.07) is 0. The van der Waals surface area contributed by atoms with Crippen molar-refractivity contribution in [1.82, 2.24) is 3.53 Å². The molecule has 0 aromatic carbocycles. The third-order valence-corrected chi connectivity index (χ3v) is 9.35. The molecule has 7 heteroatoms. The van der Waals surface area contributed by atoms with E-state index in [1.165, 1.54) is 0 Å². The molecule has 110 valence electrons. The number of hydrogen-bond acceptors (Lipinski definition) is 4. The van der Waals surface area contributed by atoms with E-state index in [4.69, 9.17) is 15.6 Å². The van der Waals surface area contributed by atoms with Gasteiger partial charge in [0.2, 0.25) is 0 Å². The van der Waals surface area contributed by atoms with Gasteiger partial charge in [0.15, 0.2) is 0 Å². The fraction of sp³-hybridized carbons (Fsp3) is 0.769. The van der Waals surface area contributed by atoms with Gasteiger partial charge in [-0.3, -0.25) is 0 Å². The van der Waals surface area contributed by atoms with Crippen LogP contribution in [0.25, 0.3) is 0 Å². The minimum atomic E-state index is 0. The molecule has 0 aromatic rings. The van der Waals surface area contributed by atoms with E-state index in [0.717, 1.165) is 19.3 Å². The Morgan fingerprint density at radius 2 is 2.30 bits per heavy atom. The molecule has 2 bridgehead atoms. The van der Waals surface area contributed by atoms with E-state index >= 15 is 0 Å². The Balaban J connectivity index is 0.00000147. The van der Waals surface area contributed by atoms with E-state index in [2.05, 4.69) is 39.3 Å². The Hall–Kier alpha value is 1.61. The van der Waals surface area contributed by atoms with Crippen LogP contribution in [0.2, 0.25) is 0 Å². The molecule has 2 saturated carbocycles. The molecule has 0 radical (unpaired) electrons. The Morgan fingerprint density at radius 3 is 2.80 bits per heavy atom. The quantitative estimate of drug-likeness (QED) is 0.0511. The molecule has 2 aliphatic carbocycles. The number of nitrogens with one attached hydrogen (secondary N) is 3. The summed E-state index contributed by atoms with van der Waals surface area (Å²) in [5, 5.41) is 15.3. The number of rotatable bonds is 5. The Labute approximate surface area is 168 Å². The van der Waals surface area contributed by atoms with E-state index in [-0.39, 0.29) is 68.0 Å². The number of halogens is 2. The second-order valence-electron chi connectivity index (χ2n) is 5.89. The van der Waals surface area contributed by atoms with Gasteiger partial charge in [0.1, 0.15) is 0 Å². The number of ether oxygens (including phenoxy) is 1. The zero-order valence-corrected chi connectivity index (χ0v) is 19.6. The topological polar surface area (TPSA) is 78.9 Å². The third-order valence-electron chi connectivity index (χ3n) is 4.63. The molecule has 20 heavy (non-hydrogen) atoms. The summed E-state index contributed by atoms with van der Waals surface area (Å²) in [6.07, 6.45) is 6.61. The number of hydrogen-bond donors (Lipinski definition) is 3. The van der Waals surface area contributed by atoms with Crippen molar-refractivity contribution in [3.8, 4) is 0 Å². The average Bonchev–Trinajstić information content (AvgIpc) is 3.07.